The van der Waals surface area contributed by atoms with Gasteiger partial charge in [0.15, 0.2) is 0 Å². The maximum Gasteiger partial charge on any atom is 0.420 e. The minimum atomic E-state index is -1.22. The number of ether oxygens (including phenoxy) is 3. The molecule has 0 saturated carbocycles. The molecule has 2 amide bonds. The first-order valence-corrected chi connectivity index (χ1v) is 9.12. The van der Waals surface area contributed by atoms with Crippen molar-refractivity contribution in [2.45, 2.75) is 72.1 Å². The number of hydrogen-bond acceptors (Lipinski definition) is 6. The van der Waals surface area contributed by atoms with Gasteiger partial charge < -0.3 is 14.2 Å². The molecule has 0 aliphatic carbocycles. The van der Waals surface area contributed by atoms with E-state index in [-0.39, 0.29) is 6.42 Å². The number of imide groups is 1. The first kappa shape index (κ1) is 23.5. The molecule has 0 heterocycles. The lowest BCUT2D eigenvalue weighted by Gasteiger charge is -2.32. The molecule has 1 aromatic rings. The Labute approximate surface area is 166 Å². The number of esters is 1. The number of nitrogens with zero attached hydrogens (tertiary/aromatic N) is 1. The number of carbonyl (C=O) groups excluding carboxylic acids is 3. The third-order valence-electron chi connectivity index (χ3n) is 3.51. The summed E-state index contributed by atoms with van der Waals surface area (Å²) in [7, 11) is 1.20. The summed E-state index contributed by atoms with van der Waals surface area (Å²) in [4.78, 5) is 38.8. The number of benzene rings is 1. The van der Waals surface area contributed by atoms with Gasteiger partial charge in [0.05, 0.1) is 7.11 Å². The topological polar surface area (TPSA) is 82.1 Å². The average Bonchev–Trinajstić information content (AvgIpc) is 2.52. The van der Waals surface area contributed by atoms with E-state index in [1.54, 1.807) is 41.5 Å². The molecule has 0 fully saturated rings. The fourth-order valence-electron chi connectivity index (χ4n) is 2.31. The SMILES string of the molecule is COC(=O)[C@H](Cc1ccc(C)cc1)N(C(=O)OC(C)(C)C)C(=O)OC(C)(C)C. The van der Waals surface area contributed by atoms with Crippen molar-refractivity contribution in [1.29, 1.82) is 0 Å². The summed E-state index contributed by atoms with van der Waals surface area (Å²) in [6, 6.07) is 6.20. The van der Waals surface area contributed by atoms with Gasteiger partial charge in [0.2, 0.25) is 0 Å². The van der Waals surface area contributed by atoms with Crippen molar-refractivity contribution in [2.75, 3.05) is 7.11 Å². The van der Waals surface area contributed by atoms with Gasteiger partial charge >= 0.3 is 18.2 Å². The van der Waals surface area contributed by atoms with Gasteiger partial charge in [0.1, 0.15) is 17.2 Å². The second-order valence-electron chi connectivity index (χ2n) is 8.56. The lowest BCUT2D eigenvalue weighted by molar-refractivity contribution is -0.146. The zero-order valence-corrected chi connectivity index (χ0v) is 18.0. The molecule has 0 aliphatic rings. The summed E-state index contributed by atoms with van der Waals surface area (Å²) < 4.78 is 15.5. The van der Waals surface area contributed by atoms with Crippen LogP contribution in [-0.4, -0.2) is 47.4 Å². The molecule has 0 N–H and O–H groups in total. The molecule has 28 heavy (non-hydrogen) atoms. The Balaban J connectivity index is 3.31. The zero-order chi connectivity index (χ0) is 21.7. The number of methoxy groups -OCH3 is 1. The van der Waals surface area contributed by atoms with E-state index in [4.69, 9.17) is 14.2 Å². The molecule has 7 heteroatoms. The van der Waals surface area contributed by atoms with Gasteiger partial charge in [0, 0.05) is 6.42 Å². The Morgan fingerprint density at radius 1 is 0.893 bits per heavy atom. The van der Waals surface area contributed by atoms with Gasteiger partial charge in [-0.05, 0) is 54.0 Å². The molecular weight excluding hydrogens is 362 g/mol. The van der Waals surface area contributed by atoms with Gasteiger partial charge in [-0.3, -0.25) is 0 Å². The lowest BCUT2D eigenvalue weighted by Crippen LogP contribution is -2.53. The van der Waals surface area contributed by atoms with Crippen LogP contribution in [0.25, 0.3) is 0 Å². The highest BCUT2D eigenvalue weighted by Crippen LogP contribution is 2.20. The van der Waals surface area contributed by atoms with Gasteiger partial charge in [-0.1, -0.05) is 29.8 Å². The summed E-state index contributed by atoms with van der Waals surface area (Å²) in [5.41, 5.74) is 0.0941. The number of rotatable bonds is 4. The fraction of sp³-hybridized carbons (Fsp3) is 0.571. The van der Waals surface area contributed by atoms with Gasteiger partial charge in [-0.25, -0.2) is 14.4 Å². The van der Waals surface area contributed by atoms with Crippen LogP contribution in [0.1, 0.15) is 52.7 Å². The van der Waals surface area contributed by atoms with Gasteiger partial charge in [-0.15, -0.1) is 0 Å². The lowest BCUT2D eigenvalue weighted by atomic mass is 10.0. The molecule has 0 aromatic heterocycles. The quantitative estimate of drug-likeness (QED) is 0.562. The van der Waals surface area contributed by atoms with Crippen LogP contribution in [0, 0.1) is 6.92 Å². The largest absolute Gasteiger partial charge is 0.467 e. The van der Waals surface area contributed by atoms with Crippen molar-refractivity contribution in [2.24, 2.45) is 0 Å². The van der Waals surface area contributed by atoms with Crippen molar-refractivity contribution >= 4 is 18.2 Å². The van der Waals surface area contributed by atoms with E-state index >= 15 is 0 Å². The van der Waals surface area contributed by atoms with E-state index in [0.717, 1.165) is 11.1 Å². The van der Waals surface area contributed by atoms with Crippen LogP contribution in [0.4, 0.5) is 9.59 Å². The Hall–Kier alpha value is -2.57. The molecule has 0 bridgehead atoms. The molecule has 0 saturated heterocycles. The minimum Gasteiger partial charge on any atom is -0.467 e. The van der Waals surface area contributed by atoms with Crippen LogP contribution in [0.5, 0.6) is 0 Å². The maximum absolute atomic E-state index is 12.8. The third-order valence-corrected chi connectivity index (χ3v) is 3.51. The second kappa shape index (κ2) is 9.08. The number of aryl methyl sites for hydroxylation is 1. The Bertz CT molecular complexity index is 669. The third kappa shape index (κ3) is 7.58. The van der Waals surface area contributed by atoms with Crippen molar-refractivity contribution in [3.63, 3.8) is 0 Å². The summed E-state index contributed by atoms with van der Waals surface area (Å²) in [6.07, 6.45) is -1.86. The van der Waals surface area contributed by atoms with Crippen LogP contribution in [0.2, 0.25) is 0 Å². The molecule has 7 nitrogen and oxygen atoms in total. The number of hydrogen-bond donors (Lipinski definition) is 0. The van der Waals surface area contributed by atoms with Crippen LogP contribution < -0.4 is 0 Å². The number of carbonyl (C=O) groups is 3. The summed E-state index contributed by atoms with van der Waals surface area (Å²) >= 11 is 0. The average molecular weight is 393 g/mol. The fourth-order valence-corrected chi connectivity index (χ4v) is 2.31. The van der Waals surface area contributed by atoms with E-state index in [1.807, 2.05) is 31.2 Å². The highest BCUT2D eigenvalue weighted by molar-refractivity contribution is 5.94. The normalized spacial score (nSPS) is 12.7. The van der Waals surface area contributed by atoms with Crippen LogP contribution >= 0.6 is 0 Å². The van der Waals surface area contributed by atoms with Gasteiger partial charge in [-0.2, -0.15) is 4.90 Å². The molecule has 0 spiro atoms. The molecule has 0 unspecified atom stereocenters. The van der Waals surface area contributed by atoms with Crippen molar-refractivity contribution < 1.29 is 28.6 Å². The predicted molar refractivity (Wildman–Crippen MR) is 105 cm³/mol. The molecule has 0 aliphatic heterocycles. The smallest absolute Gasteiger partial charge is 0.420 e. The predicted octanol–water partition coefficient (Wildman–Crippen LogP) is 4.25. The molecule has 1 aromatic carbocycles. The first-order chi connectivity index (χ1) is 12.7. The monoisotopic (exact) mass is 393 g/mol. The second-order valence-corrected chi connectivity index (χ2v) is 8.56. The Kier molecular flexibility index (Phi) is 7.61. The summed E-state index contributed by atoms with van der Waals surface area (Å²) in [5, 5.41) is 0. The van der Waals surface area contributed by atoms with E-state index < -0.39 is 35.4 Å². The van der Waals surface area contributed by atoms with E-state index in [1.165, 1.54) is 7.11 Å². The van der Waals surface area contributed by atoms with Gasteiger partial charge in [0.25, 0.3) is 0 Å². The number of amides is 2. The van der Waals surface area contributed by atoms with E-state index in [0.29, 0.717) is 4.90 Å². The van der Waals surface area contributed by atoms with E-state index in [9.17, 15) is 14.4 Å². The van der Waals surface area contributed by atoms with Crippen molar-refractivity contribution in [3.05, 3.63) is 35.4 Å². The van der Waals surface area contributed by atoms with Crippen LogP contribution in [0.15, 0.2) is 24.3 Å². The standard InChI is InChI=1S/C21H31NO6/c1-14-9-11-15(12-10-14)13-16(17(23)26-8)22(18(24)27-20(2,3)4)19(25)28-21(5,6)7/h9-12,16H,13H2,1-8H3/t16-/m0/s1. The van der Waals surface area contributed by atoms with Crippen LogP contribution in [-0.2, 0) is 25.4 Å². The van der Waals surface area contributed by atoms with E-state index in [2.05, 4.69) is 0 Å². The Morgan fingerprint density at radius 3 is 1.68 bits per heavy atom. The minimum absolute atomic E-state index is 0.0748. The highest BCUT2D eigenvalue weighted by atomic mass is 16.6. The first-order valence-electron chi connectivity index (χ1n) is 9.12. The maximum atomic E-state index is 12.8. The molecule has 1 rings (SSSR count). The Morgan fingerprint density at radius 2 is 1.32 bits per heavy atom. The summed E-state index contributed by atoms with van der Waals surface area (Å²) in [5.74, 6) is -0.739. The van der Waals surface area contributed by atoms with Crippen molar-refractivity contribution in [3.8, 4) is 0 Å². The molecule has 1 atom stereocenters. The highest BCUT2D eigenvalue weighted by Gasteiger charge is 2.40. The molecule has 0 radical (unpaired) electrons. The molecule has 156 valence electrons. The molecular formula is C21H31NO6. The summed E-state index contributed by atoms with van der Waals surface area (Å²) in [6.45, 7) is 12.0. The zero-order valence-electron chi connectivity index (χ0n) is 18.0. The van der Waals surface area contributed by atoms with Crippen molar-refractivity contribution in [1.82, 2.24) is 4.90 Å². The van der Waals surface area contributed by atoms with Crippen LogP contribution in [0.3, 0.4) is 0 Å².